The number of aliphatic hydroxyl groups is 1. The van der Waals surface area contributed by atoms with E-state index < -0.39 is 10.0 Å². The maximum Gasteiger partial charge on any atom is 0.244 e. The van der Waals surface area contributed by atoms with Gasteiger partial charge in [-0.05, 0) is 24.8 Å². The first-order valence-corrected chi connectivity index (χ1v) is 7.80. The molecule has 0 saturated heterocycles. The van der Waals surface area contributed by atoms with Gasteiger partial charge in [-0.2, -0.15) is 4.31 Å². The van der Waals surface area contributed by atoms with Crippen molar-refractivity contribution in [3.8, 4) is 0 Å². The van der Waals surface area contributed by atoms with Crippen LogP contribution in [0.1, 0.15) is 18.5 Å². The molecule has 0 amide bonds. The Kier molecular flexibility index (Phi) is 4.62. The molecule has 0 spiro atoms. The Bertz CT molecular complexity index is 508. The largest absolute Gasteiger partial charge is 0.390 e. The zero-order chi connectivity index (χ0) is 13.9. The molecule has 0 radical (unpaired) electrons. The number of sulfonamides is 1. The van der Waals surface area contributed by atoms with Gasteiger partial charge in [0, 0.05) is 32.1 Å². The molecule has 1 aliphatic carbocycles. The Morgan fingerprint density at radius 2 is 2.26 bits per heavy atom. The predicted octanol–water partition coefficient (Wildman–Crippen LogP) is 0.554. The molecule has 2 N–H and O–H groups in total. The smallest absolute Gasteiger partial charge is 0.244 e. The molecule has 1 aliphatic rings. The lowest BCUT2D eigenvalue weighted by Crippen LogP contribution is -2.30. The summed E-state index contributed by atoms with van der Waals surface area (Å²) in [5.41, 5.74) is 0.483. The number of hydrogen-bond acceptors (Lipinski definition) is 4. The molecule has 1 heterocycles. The molecule has 7 heteroatoms. The zero-order valence-electron chi connectivity index (χ0n) is 11.0. The Labute approximate surface area is 113 Å². The van der Waals surface area contributed by atoms with Gasteiger partial charge in [0.2, 0.25) is 10.0 Å². The normalized spacial score (nSPS) is 16.2. The molecule has 0 aromatic carbocycles. The van der Waals surface area contributed by atoms with Gasteiger partial charge in [0.05, 0.1) is 18.1 Å². The fraction of sp³-hybridized carbons (Fsp3) is 0.667. The summed E-state index contributed by atoms with van der Waals surface area (Å²) in [5, 5.41) is 8.93. The number of hydrogen-bond donors (Lipinski definition) is 2. The Morgan fingerprint density at radius 1 is 1.53 bits per heavy atom. The number of H-pyrrole nitrogens is 1. The third kappa shape index (κ3) is 3.79. The fourth-order valence-electron chi connectivity index (χ4n) is 1.69. The van der Waals surface area contributed by atoms with Crippen molar-refractivity contribution in [2.45, 2.75) is 24.3 Å². The van der Waals surface area contributed by atoms with E-state index in [0.717, 1.165) is 6.61 Å². The van der Waals surface area contributed by atoms with E-state index in [1.165, 1.54) is 36.5 Å². The first-order valence-electron chi connectivity index (χ1n) is 6.36. The highest BCUT2D eigenvalue weighted by Crippen LogP contribution is 2.28. The van der Waals surface area contributed by atoms with Crippen LogP contribution in [-0.2, 0) is 21.4 Å². The number of rotatable bonds is 8. The molecular weight excluding hydrogens is 268 g/mol. The maximum absolute atomic E-state index is 12.2. The summed E-state index contributed by atoms with van der Waals surface area (Å²) in [5.74, 6) is 0.679. The highest BCUT2D eigenvalue weighted by atomic mass is 32.2. The molecule has 1 aromatic rings. The summed E-state index contributed by atoms with van der Waals surface area (Å²) in [6, 6.07) is 1.44. The molecule has 0 bridgehead atoms. The van der Waals surface area contributed by atoms with Crippen molar-refractivity contribution in [2.75, 3.05) is 26.8 Å². The van der Waals surface area contributed by atoms with E-state index >= 15 is 0 Å². The van der Waals surface area contributed by atoms with Crippen molar-refractivity contribution in [3.05, 3.63) is 18.0 Å². The van der Waals surface area contributed by atoms with E-state index in [4.69, 9.17) is 9.84 Å². The van der Waals surface area contributed by atoms with Crippen molar-refractivity contribution in [1.82, 2.24) is 9.29 Å². The average molecular weight is 288 g/mol. The van der Waals surface area contributed by atoms with Crippen molar-refractivity contribution < 1.29 is 18.3 Å². The molecule has 1 saturated carbocycles. The quantitative estimate of drug-likeness (QED) is 0.685. The molecule has 1 aromatic heterocycles. The molecule has 2 rings (SSSR count). The van der Waals surface area contributed by atoms with Crippen molar-refractivity contribution in [2.24, 2.45) is 5.92 Å². The summed E-state index contributed by atoms with van der Waals surface area (Å²) >= 11 is 0. The lowest BCUT2D eigenvalue weighted by Gasteiger charge is -2.16. The Hall–Kier alpha value is -0.890. The maximum atomic E-state index is 12.2. The Morgan fingerprint density at radius 3 is 2.84 bits per heavy atom. The minimum atomic E-state index is -3.50. The number of aromatic amines is 1. The second kappa shape index (κ2) is 6.04. The fourth-order valence-corrected chi connectivity index (χ4v) is 2.86. The second-order valence-corrected chi connectivity index (χ2v) is 6.91. The molecular formula is C12H20N2O4S. The van der Waals surface area contributed by atoms with Crippen LogP contribution in [0.15, 0.2) is 17.2 Å². The van der Waals surface area contributed by atoms with Crippen LogP contribution in [0, 0.1) is 5.92 Å². The van der Waals surface area contributed by atoms with Crippen LogP contribution in [0.4, 0.5) is 0 Å². The van der Waals surface area contributed by atoms with Gasteiger partial charge in [0.25, 0.3) is 0 Å². The van der Waals surface area contributed by atoms with Crippen molar-refractivity contribution in [3.63, 3.8) is 0 Å². The standard InChI is InChI=1S/C12H20N2O4S/c1-14(4-5-18-9-10-2-3-10)19(16,17)12-6-11(8-15)13-7-12/h6-7,10,13,15H,2-5,8-9H2,1H3. The van der Waals surface area contributed by atoms with Gasteiger partial charge >= 0.3 is 0 Å². The number of aliphatic hydroxyl groups excluding tert-OH is 1. The highest BCUT2D eigenvalue weighted by molar-refractivity contribution is 7.89. The van der Waals surface area contributed by atoms with Gasteiger partial charge in [-0.3, -0.25) is 0 Å². The third-order valence-corrected chi connectivity index (χ3v) is 5.03. The zero-order valence-corrected chi connectivity index (χ0v) is 11.8. The predicted molar refractivity (Wildman–Crippen MR) is 70.1 cm³/mol. The van der Waals surface area contributed by atoms with Gasteiger partial charge in [0.1, 0.15) is 0 Å². The van der Waals surface area contributed by atoms with Gasteiger partial charge < -0.3 is 14.8 Å². The summed E-state index contributed by atoms with van der Waals surface area (Å²) in [6.07, 6.45) is 3.84. The van der Waals surface area contributed by atoms with Gasteiger partial charge in [-0.1, -0.05) is 0 Å². The number of nitrogens with zero attached hydrogens (tertiary/aromatic N) is 1. The number of aromatic nitrogens is 1. The first kappa shape index (κ1) is 14.5. The van der Waals surface area contributed by atoms with Crippen LogP contribution in [0.2, 0.25) is 0 Å². The summed E-state index contributed by atoms with van der Waals surface area (Å²) < 4.78 is 31.0. The van der Waals surface area contributed by atoms with E-state index in [1.54, 1.807) is 0 Å². The first-order chi connectivity index (χ1) is 9.04. The van der Waals surface area contributed by atoms with Gasteiger partial charge in [0.15, 0.2) is 0 Å². The topological polar surface area (TPSA) is 82.6 Å². The van der Waals surface area contributed by atoms with Crippen LogP contribution < -0.4 is 0 Å². The monoisotopic (exact) mass is 288 g/mol. The van der Waals surface area contributed by atoms with E-state index in [2.05, 4.69) is 4.98 Å². The van der Waals surface area contributed by atoms with E-state index in [-0.39, 0.29) is 11.5 Å². The van der Waals surface area contributed by atoms with Gasteiger partial charge in [-0.25, -0.2) is 8.42 Å². The van der Waals surface area contributed by atoms with E-state index in [9.17, 15) is 8.42 Å². The molecule has 0 unspecified atom stereocenters. The average Bonchev–Trinajstić information content (AvgIpc) is 3.07. The number of ether oxygens (including phenoxy) is 1. The summed E-state index contributed by atoms with van der Waals surface area (Å²) in [4.78, 5) is 2.89. The second-order valence-electron chi connectivity index (χ2n) is 4.86. The molecule has 1 fully saturated rings. The summed E-state index contributed by atoms with van der Waals surface area (Å²) in [6.45, 7) is 1.26. The van der Waals surface area contributed by atoms with E-state index in [1.807, 2.05) is 0 Å². The van der Waals surface area contributed by atoms with Crippen LogP contribution >= 0.6 is 0 Å². The Balaban J connectivity index is 1.86. The minimum absolute atomic E-state index is 0.168. The number of nitrogens with one attached hydrogen (secondary N) is 1. The molecule has 0 atom stereocenters. The van der Waals surface area contributed by atoms with Crippen LogP contribution in [-0.4, -0.2) is 49.6 Å². The van der Waals surface area contributed by atoms with Crippen molar-refractivity contribution >= 4 is 10.0 Å². The number of likely N-dealkylation sites (N-methyl/N-ethyl adjacent to an activating group) is 1. The van der Waals surface area contributed by atoms with E-state index in [0.29, 0.717) is 24.8 Å². The summed E-state index contributed by atoms with van der Waals surface area (Å²) in [7, 11) is -1.97. The van der Waals surface area contributed by atoms with Crippen LogP contribution in [0.5, 0.6) is 0 Å². The highest BCUT2D eigenvalue weighted by Gasteiger charge is 2.23. The third-order valence-electron chi connectivity index (χ3n) is 3.20. The van der Waals surface area contributed by atoms with Crippen LogP contribution in [0.25, 0.3) is 0 Å². The van der Waals surface area contributed by atoms with Crippen molar-refractivity contribution in [1.29, 1.82) is 0 Å². The molecule has 108 valence electrons. The SMILES string of the molecule is CN(CCOCC1CC1)S(=O)(=O)c1c[nH]c(CO)c1. The molecule has 6 nitrogen and oxygen atoms in total. The molecule has 0 aliphatic heterocycles. The van der Waals surface area contributed by atoms with Gasteiger partial charge in [-0.15, -0.1) is 0 Å². The lowest BCUT2D eigenvalue weighted by molar-refractivity contribution is 0.117. The lowest BCUT2D eigenvalue weighted by atomic mass is 10.5. The minimum Gasteiger partial charge on any atom is -0.390 e. The van der Waals surface area contributed by atoms with Crippen LogP contribution in [0.3, 0.4) is 0 Å². The molecule has 19 heavy (non-hydrogen) atoms.